The van der Waals surface area contributed by atoms with Gasteiger partial charge < -0.3 is 18.9 Å². The Morgan fingerprint density at radius 2 is 0.460 bits per heavy atom. The summed E-state index contributed by atoms with van der Waals surface area (Å²) >= 11 is 4.24. The van der Waals surface area contributed by atoms with Crippen molar-refractivity contribution < 1.29 is 18.9 Å². The van der Waals surface area contributed by atoms with Crippen molar-refractivity contribution in [3.8, 4) is 0 Å². The molecular weight excluding hydrogens is 813 g/mol. The summed E-state index contributed by atoms with van der Waals surface area (Å²) in [5.41, 5.74) is -0.116. The lowest BCUT2D eigenvalue weighted by Gasteiger charge is -2.43. The molecule has 2 aliphatic rings. The van der Waals surface area contributed by atoms with Gasteiger partial charge in [0.1, 0.15) is 0 Å². The fourth-order valence-electron chi connectivity index (χ4n) is 9.59. The Labute approximate surface area is 404 Å². The Bertz CT molecular complexity index is 801. The minimum absolute atomic E-state index is 0.0514. The van der Waals surface area contributed by atoms with Crippen molar-refractivity contribution in [1.29, 1.82) is 0 Å². The van der Waals surface area contributed by atoms with E-state index in [2.05, 4.69) is 37.4 Å². The van der Waals surface area contributed by atoms with Crippen LogP contribution in [0.15, 0.2) is 0 Å². The second-order valence-electron chi connectivity index (χ2n) is 20.5. The second kappa shape index (κ2) is 47.6. The maximum atomic E-state index is 6.18. The van der Waals surface area contributed by atoms with E-state index in [1.54, 1.807) is 0 Å². The smallest absolute Gasteiger partial charge is 0.157 e. The Balaban J connectivity index is 1.22. The third-order valence-corrected chi connectivity index (χ3v) is 16.4. The van der Waals surface area contributed by atoms with E-state index in [1.165, 1.54) is 293 Å². The van der Waals surface area contributed by atoms with E-state index in [0.717, 1.165) is 12.8 Å². The predicted molar refractivity (Wildman–Crippen MR) is 283 cm³/mol. The zero-order valence-electron chi connectivity index (χ0n) is 42.9. The molecule has 0 radical (unpaired) electrons. The number of unbranched alkanes of at least 4 members (excludes halogenated alkanes) is 38. The number of thioether (sulfide) groups is 2. The Hall–Kier alpha value is 0.540. The van der Waals surface area contributed by atoms with Crippen LogP contribution in [0.1, 0.15) is 296 Å². The maximum absolute atomic E-state index is 6.18. The first-order chi connectivity index (χ1) is 31.3. The van der Waals surface area contributed by atoms with Gasteiger partial charge in [-0.1, -0.05) is 258 Å². The van der Waals surface area contributed by atoms with Crippen LogP contribution in [0.5, 0.6) is 0 Å². The van der Waals surface area contributed by atoms with Crippen molar-refractivity contribution in [3.63, 3.8) is 0 Å². The number of ether oxygens (including phenoxy) is 4. The van der Waals surface area contributed by atoms with E-state index in [4.69, 9.17) is 18.9 Å². The van der Waals surface area contributed by atoms with Crippen molar-refractivity contribution in [2.75, 3.05) is 49.4 Å². The number of hydrogen-bond donors (Lipinski definition) is 0. The minimum Gasteiger partial charge on any atom is -0.352 e. The largest absolute Gasteiger partial charge is 0.352 e. The summed E-state index contributed by atoms with van der Waals surface area (Å²) in [7, 11) is 0. The lowest BCUT2D eigenvalue weighted by atomic mass is 9.90. The molecule has 0 saturated carbocycles. The lowest BCUT2D eigenvalue weighted by Crippen LogP contribution is -2.52. The summed E-state index contributed by atoms with van der Waals surface area (Å²) < 4.78 is 24.7. The maximum Gasteiger partial charge on any atom is 0.157 e. The van der Waals surface area contributed by atoms with Gasteiger partial charge in [-0.2, -0.15) is 23.5 Å². The van der Waals surface area contributed by atoms with E-state index >= 15 is 0 Å². The highest BCUT2D eigenvalue weighted by Crippen LogP contribution is 2.32. The Morgan fingerprint density at radius 1 is 0.270 bits per heavy atom. The summed E-state index contributed by atoms with van der Waals surface area (Å²) in [6.07, 6.45) is 62.3. The average Bonchev–Trinajstić information content (AvgIpc) is 3.30. The quantitative estimate of drug-likeness (QED) is 0.0566. The van der Waals surface area contributed by atoms with Crippen LogP contribution < -0.4 is 0 Å². The molecule has 0 aromatic carbocycles. The van der Waals surface area contributed by atoms with Crippen LogP contribution in [0.25, 0.3) is 0 Å². The van der Waals surface area contributed by atoms with Gasteiger partial charge in [0.05, 0.1) is 31.8 Å². The molecule has 2 fully saturated rings. The fraction of sp³-hybridized carbons (Fsp3) is 1.00. The van der Waals surface area contributed by atoms with Crippen molar-refractivity contribution in [3.05, 3.63) is 0 Å². The third-order valence-electron chi connectivity index (χ3n) is 14.0. The predicted octanol–water partition coefficient (Wildman–Crippen LogP) is 19.4. The molecule has 2 aliphatic heterocycles. The van der Waals surface area contributed by atoms with Gasteiger partial charge in [-0.05, 0) is 61.5 Å². The lowest BCUT2D eigenvalue weighted by molar-refractivity contribution is -0.303. The molecule has 0 bridgehead atoms. The van der Waals surface area contributed by atoms with Crippen LogP contribution in [-0.4, -0.2) is 62.0 Å². The molecule has 0 atom stereocenters. The molecule has 63 heavy (non-hydrogen) atoms. The Morgan fingerprint density at radius 3 is 0.683 bits per heavy atom. The first-order valence-electron chi connectivity index (χ1n) is 28.9. The highest BCUT2D eigenvalue weighted by molar-refractivity contribution is 7.99. The van der Waals surface area contributed by atoms with Gasteiger partial charge in [0.2, 0.25) is 0 Å². The molecule has 1 spiro atoms. The van der Waals surface area contributed by atoms with Crippen LogP contribution in [0, 0.1) is 5.41 Å². The van der Waals surface area contributed by atoms with Crippen LogP contribution in [0.3, 0.4) is 0 Å². The summed E-state index contributed by atoms with van der Waals surface area (Å²) in [6.45, 7) is 7.42. The van der Waals surface area contributed by atoms with Gasteiger partial charge in [0.15, 0.2) is 12.6 Å². The Kier molecular flexibility index (Phi) is 45.1. The molecular formula is C57H112O4S2. The molecule has 2 rings (SSSR count). The van der Waals surface area contributed by atoms with Crippen LogP contribution in [-0.2, 0) is 18.9 Å². The molecule has 2 saturated heterocycles. The number of hydrogen-bond acceptors (Lipinski definition) is 6. The average molecular weight is 926 g/mol. The van der Waals surface area contributed by atoms with Crippen molar-refractivity contribution >= 4 is 23.5 Å². The monoisotopic (exact) mass is 925 g/mol. The molecule has 4 nitrogen and oxygen atoms in total. The van der Waals surface area contributed by atoms with E-state index < -0.39 is 0 Å². The molecule has 0 aliphatic carbocycles. The summed E-state index contributed by atoms with van der Waals surface area (Å²) in [5.74, 6) is 5.06. The van der Waals surface area contributed by atoms with Crippen molar-refractivity contribution in [1.82, 2.24) is 0 Å². The standard InChI is InChI=1S/C57H112O4S2/c1-3-5-7-9-11-13-15-17-19-21-23-25-27-29-31-33-35-37-39-41-47-62-49-43-45-55-58-51-57(52-59-55)53-60-56(61-54-57)46-44-50-63-48-42-40-38-36-34-32-30-28-26-24-22-20-18-16-14-12-10-8-6-4-2/h55-56H,3-54H2,1-2H3. The van der Waals surface area contributed by atoms with E-state index in [9.17, 15) is 0 Å². The molecule has 2 heterocycles. The van der Waals surface area contributed by atoms with Crippen molar-refractivity contribution in [2.24, 2.45) is 5.41 Å². The summed E-state index contributed by atoms with van der Waals surface area (Å²) in [4.78, 5) is 0. The number of rotatable bonds is 50. The summed E-state index contributed by atoms with van der Waals surface area (Å²) in [5, 5.41) is 0. The molecule has 0 amide bonds. The van der Waals surface area contributed by atoms with E-state index in [0.29, 0.717) is 26.4 Å². The second-order valence-corrected chi connectivity index (χ2v) is 23.0. The summed E-state index contributed by atoms with van der Waals surface area (Å²) in [6, 6.07) is 0. The van der Waals surface area contributed by atoms with Gasteiger partial charge in [-0.15, -0.1) is 0 Å². The molecule has 0 unspecified atom stereocenters. The minimum atomic E-state index is -0.116. The molecule has 6 heteroatoms. The zero-order chi connectivity index (χ0) is 44.7. The topological polar surface area (TPSA) is 36.9 Å². The first kappa shape index (κ1) is 59.7. The SMILES string of the molecule is CCCCCCCCCCCCCCCCCCCCCCSCCCC1OCC2(CO1)COC(CCCSCCCCCCCCCCCCCCCCCCCCCC)OC2. The van der Waals surface area contributed by atoms with E-state index in [1.807, 2.05) is 0 Å². The van der Waals surface area contributed by atoms with Crippen molar-refractivity contribution in [2.45, 2.75) is 309 Å². The van der Waals surface area contributed by atoms with Crippen LogP contribution in [0.2, 0.25) is 0 Å². The fourth-order valence-corrected chi connectivity index (χ4v) is 11.6. The molecule has 0 aromatic rings. The van der Waals surface area contributed by atoms with Gasteiger partial charge in [0.25, 0.3) is 0 Å². The zero-order valence-corrected chi connectivity index (χ0v) is 44.5. The van der Waals surface area contributed by atoms with Gasteiger partial charge in [-0.25, -0.2) is 0 Å². The molecule has 376 valence electrons. The van der Waals surface area contributed by atoms with Crippen LogP contribution in [0.4, 0.5) is 0 Å². The third kappa shape index (κ3) is 39.1. The van der Waals surface area contributed by atoms with Gasteiger partial charge >= 0.3 is 0 Å². The van der Waals surface area contributed by atoms with Gasteiger partial charge in [-0.3, -0.25) is 0 Å². The van der Waals surface area contributed by atoms with Gasteiger partial charge in [0, 0.05) is 0 Å². The normalized spacial score (nSPS) is 19.1. The van der Waals surface area contributed by atoms with E-state index in [-0.39, 0.29) is 18.0 Å². The molecule has 0 aromatic heterocycles. The highest BCUT2D eigenvalue weighted by atomic mass is 32.2. The highest BCUT2D eigenvalue weighted by Gasteiger charge is 2.41. The van der Waals surface area contributed by atoms with Crippen LogP contribution >= 0.6 is 23.5 Å². The molecule has 0 N–H and O–H groups in total. The first-order valence-corrected chi connectivity index (χ1v) is 31.2.